The van der Waals surface area contributed by atoms with Crippen LogP contribution in [0.15, 0.2) is 0 Å². The Bertz CT molecular complexity index is 254. The minimum atomic E-state index is -0.586. The molecule has 16 heavy (non-hydrogen) atoms. The summed E-state index contributed by atoms with van der Waals surface area (Å²) in [5, 5.41) is 2.86. The molecule has 1 N–H and O–H groups in total. The molecule has 0 aliphatic heterocycles. The summed E-state index contributed by atoms with van der Waals surface area (Å²) in [4.78, 5) is 11.2. The van der Waals surface area contributed by atoms with Gasteiger partial charge in [-0.05, 0) is 34.6 Å². The fourth-order valence-electron chi connectivity index (χ4n) is 0.715. The number of halogens is 1. The molecule has 0 atom stereocenters. The molecule has 0 aromatic rings. The molecule has 0 aromatic carbocycles. The van der Waals surface area contributed by atoms with Gasteiger partial charge in [0, 0.05) is 5.54 Å². The molecule has 88 valence electrons. The van der Waals surface area contributed by atoms with Crippen molar-refractivity contribution in [1.82, 2.24) is 5.32 Å². The average Bonchev–Trinajstić information content (AvgIpc) is 1.98. The molecule has 0 unspecified atom stereocenters. The summed E-state index contributed by atoms with van der Waals surface area (Å²) < 4.78 is 5.09. The summed E-state index contributed by atoms with van der Waals surface area (Å²) in [6, 6.07) is 0. The van der Waals surface area contributed by atoms with E-state index in [0.29, 0.717) is 0 Å². The molecular formula is C11H18ClMgNO2. The number of hydrogen-bond acceptors (Lipinski definition) is 3. The topological polar surface area (TPSA) is 38.3 Å². The SMILES string of the molecule is [C-]#CC(C)(C)NCC(=O)OC(C)(C)C.[Cl-].[Mg+2]. The third-order valence-electron chi connectivity index (χ3n) is 1.41. The fraction of sp³-hybridized carbons (Fsp3) is 0.727. The van der Waals surface area contributed by atoms with E-state index in [2.05, 4.69) is 11.2 Å². The summed E-state index contributed by atoms with van der Waals surface area (Å²) in [6.07, 6.45) is 6.97. The van der Waals surface area contributed by atoms with Crippen LogP contribution in [0.4, 0.5) is 0 Å². The Morgan fingerprint density at radius 2 is 1.75 bits per heavy atom. The van der Waals surface area contributed by atoms with Crippen molar-refractivity contribution in [2.24, 2.45) is 0 Å². The quantitative estimate of drug-likeness (QED) is 0.272. The number of carbonyl (C=O) groups is 1. The van der Waals surface area contributed by atoms with Gasteiger partial charge in [-0.1, -0.05) is 0 Å². The van der Waals surface area contributed by atoms with Crippen LogP contribution in [0.1, 0.15) is 34.6 Å². The Labute approximate surface area is 121 Å². The fourth-order valence-corrected chi connectivity index (χ4v) is 0.715. The monoisotopic (exact) mass is 255 g/mol. The van der Waals surface area contributed by atoms with Crippen molar-refractivity contribution in [2.45, 2.75) is 45.8 Å². The van der Waals surface area contributed by atoms with E-state index in [4.69, 9.17) is 11.2 Å². The van der Waals surface area contributed by atoms with Gasteiger partial charge >= 0.3 is 29.0 Å². The second kappa shape index (κ2) is 8.18. The van der Waals surface area contributed by atoms with E-state index in [-0.39, 0.29) is 48.0 Å². The molecule has 0 saturated heterocycles. The predicted molar refractivity (Wildman–Crippen MR) is 60.8 cm³/mol. The zero-order valence-electron chi connectivity index (χ0n) is 10.6. The number of esters is 1. The number of carbonyl (C=O) groups excluding carboxylic acids is 1. The summed E-state index contributed by atoms with van der Waals surface area (Å²) in [7, 11) is 0. The van der Waals surface area contributed by atoms with E-state index < -0.39 is 11.1 Å². The number of nitrogens with one attached hydrogen (secondary N) is 1. The van der Waals surface area contributed by atoms with Gasteiger partial charge in [0.2, 0.25) is 0 Å². The number of ether oxygens (including phenoxy) is 1. The Hall–Kier alpha value is 0.0462. The average molecular weight is 256 g/mol. The molecule has 0 aliphatic rings. The smallest absolute Gasteiger partial charge is 1.00 e. The maximum Gasteiger partial charge on any atom is 2.00 e. The molecule has 5 heteroatoms. The normalized spacial score (nSPS) is 10.5. The number of rotatable bonds is 3. The molecule has 0 bridgehead atoms. The maximum atomic E-state index is 11.2. The van der Waals surface area contributed by atoms with E-state index in [9.17, 15) is 4.79 Å². The van der Waals surface area contributed by atoms with E-state index in [0.717, 1.165) is 0 Å². The first-order valence-electron chi connectivity index (χ1n) is 4.57. The van der Waals surface area contributed by atoms with Crippen molar-refractivity contribution in [3.63, 3.8) is 0 Å². The van der Waals surface area contributed by atoms with Crippen LogP contribution < -0.4 is 17.7 Å². The van der Waals surface area contributed by atoms with Crippen LogP contribution >= 0.6 is 0 Å². The summed E-state index contributed by atoms with van der Waals surface area (Å²) in [5.74, 6) is 1.97. The van der Waals surface area contributed by atoms with Crippen molar-refractivity contribution in [3.05, 3.63) is 6.42 Å². The molecule has 0 radical (unpaired) electrons. The Morgan fingerprint density at radius 3 is 2.06 bits per heavy atom. The molecule has 0 amide bonds. The zero-order chi connectivity index (χ0) is 11.4. The Morgan fingerprint density at radius 1 is 1.31 bits per heavy atom. The maximum absolute atomic E-state index is 11.2. The molecule has 0 aliphatic carbocycles. The van der Waals surface area contributed by atoms with Crippen molar-refractivity contribution < 1.29 is 21.9 Å². The minimum absolute atomic E-state index is 0. The van der Waals surface area contributed by atoms with E-state index in [1.807, 2.05) is 20.8 Å². The van der Waals surface area contributed by atoms with Crippen LogP contribution in [0.3, 0.4) is 0 Å². The second-order valence-electron chi connectivity index (χ2n) is 4.69. The summed E-state index contributed by atoms with van der Waals surface area (Å²) >= 11 is 0. The summed E-state index contributed by atoms with van der Waals surface area (Å²) in [6.45, 7) is 9.08. The third kappa shape index (κ3) is 12.1. The third-order valence-corrected chi connectivity index (χ3v) is 1.41. The van der Waals surface area contributed by atoms with E-state index in [1.165, 1.54) is 0 Å². The van der Waals surface area contributed by atoms with Crippen LogP contribution in [0.25, 0.3) is 0 Å². The van der Waals surface area contributed by atoms with Gasteiger partial charge in [0.05, 0.1) is 6.54 Å². The van der Waals surface area contributed by atoms with Gasteiger partial charge in [0.1, 0.15) is 5.60 Å². The molecule has 0 rings (SSSR count). The zero-order valence-corrected chi connectivity index (χ0v) is 12.8. The van der Waals surface area contributed by atoms with Crippen LogP contribution in [0, 0.1) is 12.3 Å². The molecule has 0 aromatic heterocycles. The van der Waals surface area contributed by atoms with Gasteiger partial charge in [0.15, 0.2) is 0 Å². The van der Waals surface area contributed by atoms with Gasteiger partial charge in [0.25, 0.3) is 0 Å². The van der Waals surface area contributed by atoms with Gasteiger partial charge in [-0.25, -0.2) is 0 Å². The summed E-state index contributed by atoms with van der Waals surface area (Å²) in [5.41, 5.74) is -1.05. The van der Waals surface area contributed by atoms with E-state index in [1.54, 1.807) is 13.8 Å². The van der Waals surface area contributed by atoms with Crippen LogP contribution in [-0.4, -0.2) is 46.7 Å². The Kier molecular flexibility index (Phi) is 10.9. The van der Waals surface area contributed by atoms with Gasteiger partial charge in [-0.2, -0.15) is 0 Å². The van der Waals surface area contributed by atoms with Crippen molar-refractivity contribution in [2.75, 3.05) is 6.54 Å². The van der Waals surface area contributed by atoms with Gasteiger partial charge in [-0.3, -0.25) is 10.1 Å². The molecule has 0 saturated carbocycles. The van der Waals surface area contributed by atoms with E-state index >= 15 is 0 Å². The first kappa shape index (κ1) is 21.3. The van der Waals surface area contributed by atoms with Crippen LogP contribution in [-0.2, 0) is 9.53 Å². The first-order chi connectivity index (χ1) is 6.16. The second-order valence-corrected chi connectivity index (χ2v) is 4.69. The van der Waals surface area contributed by atoms with Gasteiger partial charge in [-0.15, -0.1) is 0 Å². The predicted octanol–water partition coefficient (Wildman–Crippen LogP) is -2.09. The molecule has 0 spiro atoms. The van der Waals surface area contributed by atoms with Crippen molar-refractivity contribution in [1.29, 1.82) is 0 Å². The van der Waals surface area contributed by atoms with Crippen LogP contribution in [0.5, 0.6) is 0 Å². The van der Waals surface area contributed by atoms with Crippen molar-refractivity contribution >= 4 is 29.0 Å². The largest absolute Gasteiger partial charge is 2.00 e. The van der Waals surface area contributed by atoms with Gasteiger partial charge < -0.3 is 29.5 Å². The standard InChI is InChI=1S/C11H18NO2.ClH.Mg/c1-7-11(5,6)12-8-9(13)14-10(2,3)4;;/h12H,8H2,2-6H3;1H;/q-1;;+2/p-1. The Balaban J connectivity index is -0.000000845. The molecule has 3 nitrogen and oxygen atoms in total. The van der Waals surface area contributed by atoms with Crippen molar-refractivity contribution in [3.8, 4) is 5.92 Å². The van der Waals surface area contributed by atoms with Crippen LogP contribution in [0.2, 0.25) is 0 Å². The number of hydrogen-bond donors (Lipinski definition) is 1. The molecule has 0 heterocycles. The first-order valence-corrected chi connectivity index (χ1v) is 4.57. The minimum Gasteiger partial charge on any atom is -1.00 e. The molecular weight excluding hydrogens is 238 g/mol. The molecule has 0 fully saturated rings.